The molecular formula is C25H20N2O7. The molecule has 2 aromatic rings. The molecule has 172 valence electrons. The maximum absolute atomic E-state index is 12.8. The summed E-state index contributed by atoms with van der Waals surface area (Å²) in [7, 11) is 1.45. The van der Waals surface area contributed by atoms with Crippen LogP contribution >= 0.6 is 0 Å². The molecule has 1 saturated heterocycles. The van der Waals surface area contributed by atoms with Crippen molar-refractivity contribution in [2.45, 2.75) is 6.42 Å². The smallest absolute Gasteiger partial charge is 0.343 e. The highest BCUT2D eigenvalue weighted by atomic mass is 16.7. The van der Waals surface area contributed by atoms with Crippen LogP contribution in [0.3, 0.4) is 0 Å². The van der Waals surface area contributed by atoms with Gasteiger partial charge in [0.2, 0.25) is 6.79 Å². The summed E-state index contributed by atoms with van der Waals surface area (Å²) in [4.78, 5) is 38.1. The van der Waals surface area contributed by atoms with Crippen molar-refractivity contribution in [3.8, 4) is 23.0 Å². The van der Waals surface area contributed by atoms with E-state index in [1.54, 1.807) is 36.4 Å². The van der Waals surface area contributed by atoms with Gasteiger partial charge >= 0.3 is 5.97 Å². The number of esters is 1. The Morgan fingerprint density at radius 3 is 2.47 bits per heavy atom. The van der Waals surface area contributed by atoms with Crippen molar-refractivity contribution in [2.24, 2.45) is 28.8 Å². The van der Waals surface area contributed by atoms with Crippen molar-refractivity contribution in [1.29, 1.82) is 0 Å². The molecule has 0 N–H and O–H groups in total. The van der Waals surface area contributed by atoms with Gasteiger partial charge in [-0.1, -0.05) is 12.2 Å². The van der Waals surface area contributed by atoms with Crippen LogP contribution in [0.5, 0.6) is 23.0 Å². The molecule has 2 aliphatic heterocycles. The lowest BCUT2D eigenvalue weighted by atomic mass is 9.85. The third-order valence-corrected chi connectivity index (χ3v) is 6.77. The van der Waals surface area contributed by atoms with Crippen LogP contribution in [0, 0.1) is 23.7 Å². The fraction of sp³-hybridized carbons (Fsp3) is 0.280. The van der Waals surface area contributed by atoms with Gasteiger partial charge in [0.1, 0.15) is 0 Å². The zero-order chi connectivity index (χ0) is 23.4. The van der Waals surface area contributed by atoms with E-state index in [2.05, 4.69) is 5.10 Å². The van der Waals surface area contributed by atoms with Crippen LogP contribution < -0.4 is 18.9 Å². The van der Waals surface area contributed by atoms with Crippen molar-refractivity contribution in [3.63, 3.8) is 0 Å². The van der Waals surface area contributed by atoms with Gasteiger partial charge in [-0.15, -0.1) is 0 Å². The molecule has 6 rings (SSSR count). The Balaban J connectivity index is 1.18. The van der Waals surface area contributed by atoms with E-state index in [0.717, 1.165) is 11.4 Å². The van der Waals surface area contributed by atoms with E-state index < -0.39 is 5.97 Å². The van der Waals surface area contributed by atoms with Crippen molar-refractivity contribution < 1.29 is 33.3 Å². The number of ether oxygens (including phenoxy) is 4. The van der Waals surface area contributed by atoms with E-state index in [9.17, 15) is 14.4 Å². The first-order valence-electron chi connectivity index (χ1n) is 10.9. The Kier molecular flexibility index (Phi) is 4.65. The van der Waals surface area contributed by atoms with E-state index >= 15 is 0 Å². The summed E-state index contributed by atoms with van der Waals surface area (Å²) in [6.07, 6.45) is 6.38. The molecule has 0 radical (unpaired) electrons. The first-order valence-corrected chi connectivity index (χ1v) is 10.9. The molecule has 9 heteroatoms. The van der Waals surface area contributed by atoms with Gasteiger partial charge in [0.05, 0.1) is 30.7 Å². The van der Waals surface area contributed by atoms with E-state index in [1.807, 2.05) is 12.2 Å². The lowest BCUT2D eigenvalue weighted by Gasteiger charge is -2.13. The molecule has 2 amide bonds. The number of rotatable bonds is 5. The largest absolute Gasteiger partial charge is 0.493 e. The van der Waals surface area contributed by atoms with Crippen molar-refractivity contribution in [2.75, 3.05) is 13.9 Å². The Morgan fingerprint density at radius 2 is 1.74 bits per heavy atom. The summed E-state index contributed by atoms with van der Waals surface area (Å²) in [6, 6.07) is 9.63. The molecule has 9 nitrogen and oxygen atoms in total. The summed E-state index contributed by atoms with van der Waals surface area (Å²) >= 11 is 0. The summed E-state index contributed by atoms with van der Waals surface area (Å²) < 4.78 is 21.4. The van der Waals surface area contributed by atoms with Crippen LogP contribution in [0.15, 0.2) is 53.7 Å². The summed E-state index contributed by atoms with van der Waals surface area (Å²) in [6.45, 7) is 0.110. The van der Waals surface area contributed by atoms with Crippen LogP contribution in [-0.2, 0) is 9.59 Å². The number of amides is 2. The number of fused-ring (bicyclic) bond motifs is 6. The molecule has 2 aromatic carbocycles. The Morgan fingerprint density at radius 1 is 1.00 bits per heavy atom. The highest BCUT2D eigenvalue weighted by molar-refractivity contribution is 6.06. The van der Waals surface area contributed by atoms with Gasteiger partial charge in [-0.3, -0.25) is 9.59 Å². The van der Waals surface area contributed by atoms with Gasteiger partial charge in [-0.2, -0.15) is 10.1 Å². The number of hydrazone groups is 1. The molecule has 1 saturated carbocycles. The number of carbonyl (C=O) groups is 3. The molecule has 2 bridgehead atoms. The number of allylic oxidation sites excluding steroid dienone is 2. The predicted octanol–water partition coefficient (Wildman–Crippen LogP) is 2.78. The first kappa shape index (κ1) is 20.5. The van der Waals surface area contributed by atoms with Crippen molar-refractivity contribution in [1.82, 2.24) is 5.01 Å². The summed E-state index contributed by atoms with van der Waals surface area (Å²) in [5.74, 6) is 0.154. The maximum Gasteiger partial charge on any atom is 0.343 e. The van der Waals surface area contributed by atoms with E-state index in [1.165, 1.54) is 13.3 Å². The second-order valence-corrected chi connectivity index (χ2v) is 8.60. The van der Waals surface area contributed by atoms with Crippen molar-refractivity contribution >= 4 is 24.0 Å². The molecule has 2 fully saturated rings. The fourth-order valence-electron chi connectivity index (χ4n) is 5.16. The number of hydrogen-bond donors (Lipinski definition) is 0. The molecule has 4 aliphatic rings. The second kappa shape index (κ2) is 7.72. The predicted molar refractivity (Wildman–Crippen MR) is 118 cm³/mol. The Labute approximate surface area is 194 Å². The third-order valence-electron chi connectivity index (χ3n) is 6.77. The van der Waals surface area contributed by atoms with Crippen molar-refractivity contribution in [3.05, 3.63) is 59.7 Å². The Bertz CT molecular complexity index is 1250. The quantitative estimate of drug-likeness (QED) is 0.222. The molecule has 4 atom stereocenters. The number of imide groups is 1. The summed E-state index contributed by atoms with van der Waals surface area (Å²) in [5.41, 5.74) is 0.885. The second-order valence-electron chi connectivity index (χ2n) is 8.60. The van der Waals surface area contributed by atoms with Gasteiger partial charge in [-0.05, 0) is 60.2 Å². The molecule has 34 heavy (non-hydrogen) atoms. The van der Waals surface area contributed by atoms with Crippen LogP contribution in [0.4, 0.5) is 0 Å². The number of nitrogens with zero attached hydrogens (tertiary/aromatic N) is 2. The average Bonchev–Trinajstić information content (AvgIpc) is 3.63. The number of hydrogen-bond acceptors (Lipinski definition) is 8. The molecule has 0 spiro atoms. The molecule has 2 heterocycles. The summed E-state index contributed by atoms with van der Waals surface area (Å²) in [5, 5.41) is 5.16. The first-order chi connectivity index (χ1) is 16.5. The molecule has 0 aromatic heterocycles. The van der Waals surface area contributed by atoms with E-state index in [0.29, 0.717) is 28.4 Å². The van der Waals surface area contributed by atoms with Crippen LogP contribution in [-0.4, -0.2) is 42.9 Å². The van der Waals surface area contributed by atoms with Crippen LogP contribution in [0.2, 0.25) is 0 Å². The number of carbonyl (C=O) groups excluding carboxylic acids is 3. The third kappa shape index (κ3) is 3.15. The van der Waals surface area contributed by atoms with Crippen LogP contribution in [0.1, 0.15) is 22.3 Å². The number of methoxy groups -OCH3 is 1. The van der Waals surface area contributed by atoms with Gasteiger partial charge < -0.3 is 18.9 Å². The van der Waals surface area contributed by atoms with E-state index in [-0.39, 0.29) is 48.0 Å². The van der Waals surface area contributed by atoms with E-state index in [4.69, 9.17) is 18.9 Å². The lowest BCUT2D eigenvalue weighted by Crippen LogP contribution is -2.28. The topological polar surface area (TPSA) is 104 Å². The highest BCUT2D eigenvalue weighted by Crippen LogP contribution is 2.52. The fourth-order valence-corrected chi connectivity index (χ4v) is 5.16. The molecule has 0 unspecified atom stereocenters. The van der Waals surface area contributed by atoms with Gasteiger partial charge in [0.15, 0.2) is 23.0 Å². The normalized spacial score (nSPS) is 26.0. The maximum atomic E-state index is 12.8. The highest BCUT2D eigenvalue weighted by Gasteiger charge is 2.59. The molecule has 2 aliphatic carbocycles. The van der Waals surface area contributed by atoms with Crippen LogP contribution in [0.25, 0.3) is 0 Å². The zero-order valence-electron chi connectivity index (χ0n) is 18.2. The monoisotopic (exact) mass is 460 g/mol. The minimum absolute atomic E-state index is 0.110. The zero-order valence-corrected chi connectivity index (χ0v) is 18.2. The van der Waals surface area contributed by atoms with Gasteiger partial charge in [0.25, 0.3) is 11.8 Å². The average molecular weight is 460 g/mol. The number of benzene rings is 2. The SMILES string of the molecule is COc1cc(C=NN2C(=O)[C@@H]3[C@H](C2=O)[C@H]2C=C[C@H]3C2)ccc1OC(=O)c1ccc2c(c1)OCO2. The molecular weight excluding hydrogens is 440 g/mol. The van der Waals surface area contributed by atoms with Gasteiger partial charge in [-0.25, -0.2) is 4.79 Å². The minimum Gasteiger partial charge on any atom is -0.493 e. The van der Waals surface area contributed by atoms with Gasteiger partial charge in [0, 0.05) is 0 Å². The Hall–Kier alpha value is -4.14. The standard InChI is InChI=1S/C25H20N2O7/c1-31-19-8-13(11-26-27-23(28)21-14-3-4-15(9-14)22(21)24(27)29)2-6-18(19)34-25(30)16-5-7-17-20(10-16)33-12-32-17/h2-8,10-11,14-15,21-22H,9,12H2,1H3/t14-,15-,21-,22+/m0/s1. The lowest BCUT2D eigenvalue weighted by molar-refractivity contribution is -0.140. The minimum atomic E-state index is -0.582.